The maximum absolute atomic E-state index is 12.6. The molecule has 5 rings (SSSR count). The van der Waals surface area contributed by atoms with Gasteiger partial charge < -0.3 is 19.8 Å². The Hall–Kier alpha value is -3.35. The van der Waals surface area contributed by atoms with Crippen LogP contribution in [0.3, 0.4) is 0 Å². The highest BCUT2D eigenvalue weighted by atomic mass is 16.3. The molecular weight excluding hydrogens is 402 g/mol. The van der Waals surface area contributed by atoms with E-state index < -0.39 is 0 Å². The number of aromatic nitrogens is 2. The van der Waals surface area contributed by atoms with E-state index in [1.807, 2.05) is 54.1 Å². The van der Waals surface area contributed by atoms with E-state index in [1.54, 1.807) is 0 Å². The van der Waals surface area contributed by atoms with Crippen LogP contribution in [0, 0.1) is 13.8 Å². The summed E-state index contributed by atoms with van der Waals surface area (Å²) in [6, 6.07) is 10.3. The molecule has 2 aliphatic rings. The molecule has 7 nitrogen and oxygen atoms in total. The van der Waals surface area contributed by atoms with Gasteiger partial charge in [0.15, 0.2) is 0 Å². The summed E-state index contributed by atoms with van der Waals surface area (Å²) in [5, 5.41) is 10.1. The van der Waals surface area contributed by atoms with Crippen molar-refractivity contribution in [2.45, 2.75) is 26.7 Å². The summed E-state index contributed by atoms with van der Waals surface area (Å²) < 4.78 is 0. The lowest BCUT2D eigenvalue weighted by Gasteiger charge is -2.37. The number of benzene rings is 2. The number of hydrogen-bond acceptors (Lipinski definition) is 5. The average Bonchev–Trinajstić information content (AvgIpc) is 3.36. The number of fused-ring (bicyclic) bond motifs is 1. The van der Waals surface area contributed by atoms with Gasteiger partial charge in [-0.1, -0.05) is 6.07 Å². The molecule has 0 bridgehead atoms. The second-order valence-electron chi connectivity index (χ2n) is 8.84. The molecule has 166 valence electrons. The minimum absolute atomic E-state index is 0.177. The molecule has 0 atom stereocenters. The molecular formula is C25H29N5O2. The lowest BCUT2D eigenvalue weighted by atomic mass is 9.99. The predicted octanol–water partition coefficient (Wildman–Crippen LogP) is 3.96. The van der Waals surface area contributed by atoms with Crippen LogP contribution in [-0.4, -0.2) is 70.2 Å². The molecule has 3 heterocycles. The van der Waals surface area contributed by atoms with Crippen molar-refractivity contribution in [3.05, 3.63) is 47.7 Å². The third kappa shape index (κ3) is 3.83. The van der Waals surface area contributed by atoms with Crippen LogP contribution >= 0.6 is 0 Å². The third-order valence-corrected chi connectivity index (χ3v) is 6.60. The van der Waals surface area contributed by atoms with Crippen molar-refractivity contribution in [1.29, 1.82) is 0 Å². The molecule has 2 amide bonds. The van der Waals surface area contributed by atoms with Gasteiger partial charge in [0.1, 0.15) is 11.6 Å². The largest absolute Gasteiger partial charge is 0.507 e. The highest BCUT2D eigenvalue weighted by Gasteiger charge is 2.27. The molecule has 32 heavy (non-hydrogen) atoms. The van der Waals surface area contributed by atoms with E-state index in [4.69, 9.17) is 4.98 Å². The van der Waals surface area contributed by atoms with Gasteiger partial charge >= 0.3 is 6.03 Å². The van der Waals surface area contributed by atoms with Crippen molar-refractivity contribution in [1.82, 2.24) is 19.8 Å². The number of aromatic hydroxyl groups is 1. The fourth-order valence-electron chi connectivity index (χ4n) is 4.69. The minimum atomic E-state index is 0.177. The van der Waals surface area contributed by atoms with Crippen LogP contribution in [0.4, 0.5) is 10.6 Å². The normalized spacial score (nSPS) is 16.8. The summed E-state index contributed by atoms with van der Waals surface area (Å²) in [5.41, 5.74) is 5.53. The number of likely N-dealkylation sites (tertiary alicyclic amines) is 1. The molecule has 2 aliphatic heterocycles. The molecule has 1 aromatic heterocycles. The summed E-state index contributed by atoms with van der Waals surface area (Å²) in [5.74, 6) is 1.19. The van der Waals surface area contributed by atoms with Crippen LogP contribution in [0.2, 0.25) is 0 Å². The van der Waals surface area contributed by atoms with E-state index >= 15 is 0 Å². The molecule has 0 spiro atoms. The van der Waals surface area contributed by atoms with Crippen molar-refractivity contribution >= 4 is 22.9 Å². The second kappa shape index (κ2) is 8.30. The zero-order chi connectivity index (χ0) is 22.2. The Labute approximate surface area is 188 Å². The number of hydrogen-bond donors (Lipinski definition) is 1. The number of carbonyl (C=O) groups excluding carboxylic acids is 1. The number of nitrogens with zero attached hydrogens (tertiary/aromatic N) is 5. The minimum Gasteiger partial charge on any atom is -0.507 e. The molecule has 7 heteroatoms. The van der Waals surface area contributed by atoms with Crippen LogP contribution in [0.5, 0.6) is 5.75 Å². The van der Waals surface area contributed by atoms with Crippen LogP contribution in [-0.2, 0) is 0 Å². The summed E-state index contributed by atoms with van der Waals surface area (Å²) in [6.45, 7) is 8.54. The van der Waals surface area contributed by atoms with Gasteiger partial charge in [-0.25, -0.2) is 9.78 Å². The summed E-state index contributed by atoms with van der Waals surface area (Å²) in [4.78, 5) is 28.3. The molecule has 2 aromatic carbocycles. The molecule has 2 saturated heterocycles. The van der Waals surface area contributed by atoms with Crippen molar-refractivity contribution < 1.29 is 9.90 Å². The maximum Gasteiger partial charge on any atom is 0.320 e. The van der Waals surface area contributed by atoms with Gasteiger partial charge in [-0.2, -0.15) is 0 Å². The number of rotatable bonds is 2. The van der Waals surface area contributed by atoms with Gasteiger partial charge in [0.05, 0.1) is 17.2 Å². The van der Waals surface area contributed by atoms with Crippen LogP contribution in [0.25, 0.3) is 22.2 Å². The summed E-state index contributed by atoms with van der Waals surface area (Å²) in [6.07, 6.45) is 4.06. The highest BCUT2D eigenvalue weighted by molar-refractivity contribution is 5.83. The van der Waals surface area contributed by atoms with Crippen molar-refractivity contribution in [3.8, 4) is 16.9 Å². The number of phenols is 1. The van der Waals surface area contributed by atoms with E-state index in [0.717, 1.165) is 78.1 Å². The van der Waals surface area contributed by atoms with Crippen molar-refractivity contribution in [2.75, 3.05) is 44.2 Å². The number of anilines is 1. The Kier molecular flexibility index (Phi) is 5.33. The van der Waals surface area contributed by atoms with Crippen LogP contribution < -0.4 is 4.90 Å². The van der Waals surface area contributed by atoms with E-state index in [0.29, 0.717) is 18.8 Å². The van der Waals surface area contributed by atoms with Gasteiger partial charge in [0.2, 0.25) is 0 Å². The monoisotopic (exact) mass is 431 g/mol. The number of urea groups is 1. The Morgan fingerprint density at radius 1 is 0.844 bits per heavy atom. The first-order valence-electron chi connectivity index (χ1n) is 11.4. The Morgan fingerprint density at radius 2 is 1.50 bits per heavy atom. The zero-order valence-electron chi connectivity index (χ0n) is 18.7. The van der Waals surface area contributed by atoms with Crippen molar-refractivity contribution in [3.63, 3.8) is 0 Å². The lowest BCUT2D eigenvalue weighted by molar-refractivity contribution is 0.159. The topological polar surface area (TPSA) is 72.8 Å². The van der Waals surface area contributed by atoms with Gasteiger partial charge in [0, 0.05) is 39.3 Å². The molecule has 3 aromatic rings. The predicted molar refractivity (Wildman–Crippen MR) is 126 cm³/mol. The van der Waals surface area contributed by atoms with E-state index in [1.165, 1.54) is 0 Å². The fourth-order valence-corrected chi connectivity index (χ4v) is 4.69. The number of amides is 2. The SMILES string of the molecule is Cc1cc(-c2ccc3ncc(N4CCN(C(=O)N5CCCC5)CC4)nc3c2)cc(C)c1O. The number of piperazine rings is 1. The Morgan fingerprint density at radius 3 is 2.19 bits per heavy atom. The fraction of sp³-hybridized carbons (Fsp3) is 0.400. The van der Waals surface area contributed by atoms with Crippen molar-refractivity contribution in [2.24, 2.45) is 0 Å². The van der Waals surface area contributed by atoms with E-state index in [2.05, 4.69) is 16.0 Å². The van der Waals surface area contributed by atoms with Gasteiger partial charge in [-0.3, -0.25) is 4.98 Å². The molecule has 2 fully saturated rings. The number of carbonyl (C=O) groups is 1. The van der Waals surface area contributed by atoms with E-state index in [9.17, 15) is 9.90 Å². The maximum atomic E-state index is 12.6. The summed E-state index contributed by atoms with van der Waals surface area (Å²) in [7, 11) is 0. The summed E-state index contributed by atoms with van der Waals surface area (Å²) >= 11 is 0. The van der Waals surface area contributed by atoms with Crippen LogP contribution in [0.15, 0.2) is 36.5 Å². The standard InChI is InChI=1S/C25H29N5O2/c1-17-13-20(14-18(2)24(17)31)19-5-6-21-22(15-19)27-23(16-26-21)28-9-11-30(12-10-28)25(32)29-7-3-4-8-29/h5-6,13-16,31H,3-4,7-12H2,1-2H3. The lowest BCUT2D eigenvalue weighted by Crippen LogP contribution is -2.52. The first-order valence-corrected chi connectivity index (χ1v) is 11.4. The molecule has 0 unspecified atom stereocenters. The van der Waals surface area contributed by atoms with Gasteiger partial charge in [-0.15, -0.1) is 0 Å². The van der Waals surface area contributed by atoms with E-state index in [-0.39, 0.29) is 6.03 Å². The Balaban J connectivity index is 1.35. The molecule has 0 aliphatic carbocycles. The Bertz CT molecular complexity index is 1140. The number of aryl methyl sites for hydroxylation is 2. The van der Waals surface area contributed by atoms with Gasteiger partial charge in [0.25, 0.3) is 0 Å². The third-order valence-electron chi connectivity index (χ3n) is 6.60. The quantitative estimate of drug-likeness (QED) is 0.665. The molecule has 0 radical (unpaired) electrons. The van der Waals surface area contributed by atoms with Gasteiger partial charge in [-0.05, 0) is 73.2 Å². The number of phenolic OH excluding ortho intramolecular Hbond substituents is 1. The highest BCUT2D eigenvalue weighted by Crippen LogP contribution is 2.30. The first-order chi connectivity index (χ1) is 15.5. The average molecular weight is 432 g/mol. The zero-order valence-corrected chi connectivity index (χ0v) is 18.7. The van der Waals surface area contributed by atoms with Crippen LogP contribution in [0.1, 0.15) is 24.0 Å². The molecule has 1 N–H and O–H groups in total. The molecule has 0 saturated carbocycles. The smallest absolute Gasteiger partial charge is 0.320 e. The second-order valence-corrected chi connectivity index (χ2v) is 8.84. The first kappa shape index (κ1) is 20.5.